The summed E-state index contributed by atoms with van der Waals surface area (Å²) >= 11 is 0. The first-order chi connectivity index (χ1) is 17.7. The molecule has 3 aromatic rings. The van der Waals surface area contributed by atoms with Crippen molar-refractivity contribution in [2.45, 2.75) is 19.7 Å². The molecule has 38 heavy (non-hydrogen) atoms. The lowest BCUT2D eigenvalue weighted by Gasteiger charge is -2.18. The van der Waals surface area contributed by atoms with Crippen LogP contribution in [-0.4, -0.2) is 30.3 Å². The Morgan fingerprint density at radius 2 is 1.66 bits per heavy atom. The van der Waals surface area contributed by atoms with Gasteiger partial charge in [-0.1, -0.05) is 0 Å². The van der Waals surface area contributed by atoms with Gasteiger partial charge in [0.05, 0.1) is 12.7 Å². The summed E-state index contributed by atoms with van der Waals surface area (Å²) in [6.45, 7) is 1.45. The number of benzene rings is 2. The molecule has 0 radical (unpaired) electrons. The van der Waals surface area contributed by atoms with Crippen molar-refractivity contribution in [3.05, 3.63) is 70.5 Å². The highest BCUT2D eigenvalue weighted by Crippen LogP contribution is 2.41. The van der Waals surface area contributed by atoms with E-state index in [0.717, 1.165) is 31.5 Å². The molecule has 0 aliphatic carbocycles. The number of aryl methyl sites for hydroxylation is 1. The van der Waals surface area contributed by atoms with E-state index < -0.39 is 70.4 Å². The van der Waals surface area contributed by atoms with Crippen molar-refractivity contribution in [3.63, 3.8) is 0 Å². The summed E-state index contributed by atoms with van der Waals surface area (Å²) in [6, 6.07) is 3.71. The van der Waals surface area contributed by atoms with Gasteiger partial charge in [-0.15, -0.1) is 13.2 Å². The average Bonchev–Trinajstić information content (AvgIpc) is 2.81. The fourth-order valence-corrected chi connectivity index (χ4v) is 3.13. The van der Waals surface area contributed by atoms with E-state index in [9.17, 15) is 35.9 Å². The van der Waals surface area contributed by atoms with Gasteiger partial charge in [0.15, 0.2) is 11.5 Å². The summed E-state index contributed by atoms with van der Waals surface area (Å²) in [4.78, 5) is 28.2. The molecular weight excluding hydrogens is 531 g/mol. The van der Waals surface area contributed by atoms with E-state index in [2.05, 4.69) is 15.0 Å². The third-order valence-electron chi connectivity index (χ3n) is 4.87. The van der Waals surface area contributed by atoms with Crippen LogP contribution in [0.3, 0.4) is 0 Å². The quantitative estimate of drug-likeness (QED) is 0.352. The predicted octanol–water partition coefficient (Wildman–Crippen LogP) is 5.66. The predicted molar refractivity (Wildman–Crippen MR) is 117 cm³/mol. The number of methoxy groups -OCH3 is 1. The van der Waals surface area contributed by atoms with Crippen LogP contribution in [0.25, 0.3) is 0 Å². The normalized spacial score (nSPS) is 11.3. The highest BCUT2D eigenvalue weighted by atomic mass is 19.4. The standard InChI is InChI=1S/C23H16F7N3O5/c1-9-8-32-12(21(31)34)7-11(9)33-22(35)16-13(4-3-10(17(16)24)20(26)27)37-15-6-5-14(38-23(28,29)30)18(25)19(15)36-2/h3-8,20H,1-2H3,(H2,31,34)(H,32,33,35). The van der Waals surface area contributed by atoms with Crippen molar-refractivity contribution in [2.75, 3.05) is 12.4 Å². The molecule has 0 aliphatic heterocycles. The summed E-state index contributed by atoms with van der Waals surface area (Å²) in [5, 5.41) is 2.23. The molecule has 2 amide bonds. The minimum atomic E-state index is -5.24. The summed E-state index contributed by atoms with van der Waals surface area (Å²) in [5.41, 5.74) is 2.83. The third kappa shape index (κ3) is 6.04. The second kappa shape index (κ2) is 10.8. The Morgan fingerprint density at radius 3 is 2.24 bits per heavy atom. The van der Waals surface area contributed by atoms with Crippen LogP contribution in [0, 0.1) is 18.6 Å². The lowest BCUT2D eigenvalue weighted by molar-refractivity contribution is -0.275. The number of rotatable bonds is 8. The topological polar surface area (TPSA) is 113 Å². The Morgan fingerprint density at radius 1 is 1.03 bits per heavy atom. The van der Waals surface area contributed by atoms with Crippen LogP contribution in [-0.2, 0) is 0 Å². The highest BCUT2D eigenvalue weighted by Gasteiger charge is 2.34. The second-order valence-corrected chi connectivity index (χ2v) is 7.40. The van der Waals surface area contributed by atoms with E-state index in [0.29, 0.717) is 12.1 Å². The smallest absolute Gasteiger partial charge is 0.490 e. The fraction of sp³-hybridized carbons (Fsp3) is 0.174. The number of anilines is 1. The van der Waals surface area contributed by atoms with Gasteiger partial charge < -0.3 is 25.3 Å². The number of alkyl halides is 5. The largest absolute Gasteiger partial charge is 0.573 e. The fourth-order valence-electron chi connectivity index (χ4n) is 3.13. The number of primary amides is 1. The number of nitrogens with one attached hydrogen (secondary N) is 1. The van der Waals surface area contributed by atoms with E-state index in [-0.39, 0.29) is 16.9 Å². The molecule has 202 valence electrons. The molecule has 0 saturated heterocycles. The summed E-state index contributed by atoms with van der Waals surface area (Å²) in [7, 11) is 0.874. The SMILES string of the molecule is COc1c(Oc2ccc(C(F)F)c(F)c2C(=O)Nc2cc(C(N)=O)ncc2C)ccc(OC(F)(F)F)c1F. The molecule has 0 fully saturated rings. The van der Waals surface area contributed by atoms with Gasteiger partial charge in [-0.2, -0.15) is 4.39 Å². The highest BCUT2D eigenvalue weighted by molar-refractivity contribution is 6.07. The Hall–Kier alpha value is -4.56. The maximum Gasteiger partial charge on any atom is 0.573 e. The van der Waals surface area contributed by atoms with E-state index in [1.54, 1.807) is 0 Å². The Kier molecular flexibility index (Phi) is 7.98. The van der Waals surface area contributed by atoms with Crippen LogP contribution < -0.4 is 25.3 Å². The minimum absolute atomic E-state index is 0.0797. The number of nitrogens with zero attached hydrogens (tertiary/aromatic N) is 1. The molecule has 3 N–H and O–H groups in total. The van der Waals surface area contributed by atoms with Gasteiger partial charge >= 0.3 is 6.36 Å². The van der Waals surface area contributed by atoms with Gasteiger partial charge in [-0.05, 0) is 42.8 Å². The number of ether oxygens (including phenoxy) is 3. The number of carbonyl (C=O) groups excluding carboxylic acids is 2. The van der Waals surface area contributed by atoms with Crippen molar-refractivity contribution in [1.29, 1.82) is 0 Å². The molecule has 1 aromatic heterocycles. The van der Waals surface area contributed by atoms with Crippen LogP contribution in [0.5, 0.6) is 23.0 Å². The average molecular weight is 547 g/mol. The summed E-state index contributed by atoms with van der Waals surface area (Å²) in [5.74, 6) is -9.21. The molecule has 0 atom stereocenters. The van der Waals surface area contributed by atoms with Crippen molar-refractivity contribution >= 4 is 17.5 Å². The van der Waals surface area contributed by atoms with Crippen LogP contribution in [0.2, 0.25) is 0 Å². The van der Waals surface area contributed by atoms with Crippen LogP contribution >= 0.6 is 0 Å². The molecular formula is C23H16F7N3O5. The monoisotopic (exact) mass is 547 g/mol. The zero-order valence-corrected chi connectivity index (χ0v) is 19.3. The maximum absolute atomic E-state index is 15.1. The molecule has 2 aromatic carbocycles. The molecule has 0 aliphatic rings. The molecule has 3 rings (SSSR count). The van der Waals surface area contributed by atoms with Gasteiger partial charge in [0.2, 0.25) is 11.6 Å². The minimum Gasteiger partial charge on any atom is -0.490 e. The number of hydrogen-bond acceptors (Lipinski definition) is 6. The van der Waals surface area contributed by atoms with Crippen LogP contribution in [0.1, 0.15) is 38.4 Å². The first kappa shape index (κ1) is 28.0. The summed E-state index contributed by atoms with van der Waals surface area (Å²) in [6.07, 6.45) is -7.43. The maximum atomic E-state index is 15.1. The number of amides is 2. The summed E-state index contributed by atoms with van der Waals surface area (Å²) < 4.78 is 108. The van der Waals surface area contributed by atoms with Crippen LogP contribution in [0.4, 0.5) is 36.4 Å². The Bertz CT molecular complexity index is 1400. The van der Waals surface area contributed by atoms with Crippen molar-refractivity contribution < 1.29 is 54.5 Å². The molecule has 0 spiro atoms. The number of aromatic nitrogens is 1. The number of hydrogen-bond donors (Lipinski definition) is 2. The third-order valence-corrected chi connectivity index (χ3v) is 4.87. The van der Waals surface area contributed by atoms with Gasteiger partial charge in [-0.25, -0.2) is 13.2 Å². The first-order valence-corrected chi connectivity index (χ1v) is 10.2. The number of nitrogens with two attached hydrogens (primary N) is 1. The number of pyridine rings is 1. The van der Waals surface area contributed by atoms with Crippen molar-refractivity contribution in [2.24, 2.45) is 5.73 Å². The molecule has 0 bridgehead atoms. The molecule has 15 heteroatoms. The van der Waals surface area contributed by atoms with Crippen LogP contribution in [0.15, 0.2) is 36.5 Å². The van der Waals surface area contributed by atoms with Gasteiger partial charge in [0.25, 0.3) is 18.2 Å². The number of carbonyl (C=O) groups is 2. The first-order valence-electron chi connectivity index (χ1n) is 10.2. The lowest BCUT2D eigenvalue weighted by atomic mass is 10.1. The van der Waals surface area contributed by atoms with E-state index in [1.165, 1.54) is 6.92 Å². The van der Waals surface area contributed by atoms with E-state index in [1.807, 2.05) is 0 Å². The zero-order chi connectivity index (χ0) is 28.4. The molecule has 0 unspecified atom stereocenters. The van der Waals surface area contributed by atoms with Gasteiger partial charge in [0.1, 0.15) is 22.8 Å². The van der Waals surface area contributed by atoms with E-state index >= 15 is 4.39 Å². The molecule has 8 nitrogen and oxygen atoms in total. The van der Waals surface area contributed by atoms with Gasteiger partial charge in [0, 0.05) is 11.9 Å². The van der Waals surface area contributed by atoms with E-state index in [4.69, 9.17) is 15.2 Å². The zero-order valence-electron chi connectivity index (χ0n) is 19.3. The second-order valence-electron chi connectivity index (χ2n) is 7.40. The molecule has 1 heterocycles. The lowest BCUT2D eigenvalue weighted by Crippen LogP contribution is -2.19. The van der Waals surface area contributed by atoms with Crippen molar-refractivity contribution in [1.82, 2.24) is 4.98 Å². The van der Waals surface area contributed by atoms with Gasteiger partial charge in [-0.3, -0.25) is 14.6 Å². The van der Waals surface area contributed by atoms with Crippen molar-refractivity contribution in [3.8, 4) is 23.0 Å². The number of halogens is 7. The Balaban J connectivity index is 2.09. The Labute approximate surface area is 209 Å². The molecule has 0 saturated carbocycles.